The van der Waals surface area contributed by atoms with Crippen molar-refractivity contribution >= 4 is 32.5 Å². The lowest BCUT2D eigenvalue weighted by atomic mass is 10.1. The van der Waals surface area contributed by atoms with Crippen LogP contribution in [0.1, 0.15) is 16.8 Å². The van der Waals surface area contributed by atoms with E-state index in [1.54, 1.807) is 12.4 Å². The zero-order valence-corrected chi connectivity index (χ0v) is 14.3. The molecule has 126 valence electrons. The van der Waals surface area contributed by atoms with Crippen molar-refractivity contribution in [2.24, 2.45) is 0 Å². The molecular formula is C18H11BrF3N3. The Balaban J connectivity index is 1.80. The van der Waals surface area contributed by atoms with Crippen molar-refractivity contribution in [3.63, 3.8) is 0 Å². The van der Waals surface area contributed by atoms with Crippen LogP contribution in [0.4, 0.5) is 13.2 Å². The Hall–Kier alpha value is -2.41. The average molecular weight is 406 g/mol. The topological polar surface area (TPSA) is 30.2 Å². The Bertz CT molecular complexity index is 1090. The summed E-state index contributed by atoms with van der Waals surface area (Å²) in [5, 5.41) is 0.992. The molecule has 0 aliphatic heterocycles. The molecule has 0 amide bonds. The van der Waals surface area contributed by atoms with Gasteiger partial charge in [0, 0.05) is 40.6 Å². The summed E-state index contributed by atoms with van der Waals surface area (Å²) in [5.41, 5.74) is 1.70. The summed E-state index contributed by atoms with van der Waals surface area (Å²) < 4.78 is 41.5. The van der Waals surface area contributed by atoms with E-state index in [2.05, 4.69) is 25.9 Å². The minimum absolute atomic E-state index is 0.0897. The second-order valence-corrected chi connectivity index (χ2v) is 6.64. The van der Waals surface area contributed by atoms with E-state index in [9.17, 15) is 13.2 Å². The van der Waals surface area contributed by atoms with E-state index in [1.807, 2.05) is 30.3 Å². The normalized spacial score (nSPS) is 12.2. The van der Waals surface area contributed by atoms with E-state index in [1.165, 1.54) is 10.6 Å². The second-order valence-electron chi connectivity index (χ2n) is 5.72. The molecule has 0 saturated carbocycles. The van der Waals surface area contributed by atoms with Crippen LogP contribution in [0, 0.1) is 0 Å². The van der Waals surface area contributed by atoms with Gasteiger partial charge in [0.1, 0.15) is 5.65 Å². The summed E-state index contributed by atoms with van der Waals surface area (Å²) in [5.74, 6) is 0. The number of rotatable bonds is 2. The molecule has 25 heavy (non-hydrogen) atoms. The highest BCUT2D eigenvalue weighted by Gasteiger charge is 2.34. The smallest absolute Gasteiger partial charge is 0.302 e. The summed E-state index contributed by atoms with van der Waals surface area (Å²) in [4.78, 5) is 8.27. The summed E-state index contributed by atoms with van der Waals surface area (Å²) >= 11 is 3.16. The van der Waals surface area contributed by atoms with Crippen LogP contribution in [0.15, 0.2) is 59.5 Å². The number of fused-ring (bicyclic) bond motifs is 2. The fourth-order valence-corrected chi connectivity index (χ4v) is 3.32. The molecular weight excluding hydrogens is 395 g/mol. The van der Waals surface area contributed by atoms with E-state index >= 15 is 0 Å². The number of imidazole rings is 1. The Morgan fingerprint density at radius 1 is 1.08 bits per heavy atom. The fraction of sp³-hybridized carbons (Fsp3) is 0.111. The molecule has 0 N–H and O–H groups in total. The van der Waals surface area contributed by atoms with E-state index in [0.29, 0.717) is 16.6 Å². The van der Waals surface area contributed by atoms with Crippen LogP contribution >= 0.6 is 15.9 Å². The standard InChI is InChI=1S/C18H11BrF3N3/c19-13-8-15(18(20,21)22)17-24-9-14(25(17)10-13)7-11-3-4-16-12(6-11)2-1-5-23-16/h1-6,8-10H,7H2. The molecule has 0 atom stereocenters. The largest absolute Gasteiger partial charge is 0.420 e. The number of pyridine rings is 2. The molecule has 3 aromatic heterocycles. The van der Waals surface area contributed by atoms with Crippen LogP contribution in [-0.2, 0) is 12.6 Å². The number of benzene rings is 1. The number of alkyl halides is 3. The molecule has 1 aromatic carbocycles. The lowest BCUT2D eigenvalue weighted by molar-refractivity contribution is -0.136. The SMILES string of the molecule is FC(F)(F)c1cc(Br)cn2c(Cc3ccc4ncccc4c3)cnc12. The Kier molecular flexibility index (Phi) is 3.76. The van der Waals surface area contributed by atoms with Gasteiger partial charge in [-0.05, 0) is 45.8 Å². The van der Waals surface area contributed by atoms with Gasteiger partial charge in [-0.1, -0.05) is 12.1 Å². The van der Waals surface area contributed by atoms with Crippen molar-refractivity contribution in [1.82, 2.24) is 14.4 Å². The molecule has 3 heterocycles. The zero-order chi connectivity index (χ0) is 17.6. The minimum Gasteiger partial charge on any atom is -0.302 e. The highest BCUT2D eigenvalue weighted by atomic mass is 79.9. The molecule has 0 aliphatic carbocycles. The number of aromatic nitrogens is 3. The maximum atomic E-state index is 13.2. The van der Waals surface area contributed by atoms with Crippen LogP contribution in [0.3, 0.4) is 0 Å². The van der Waals surface area contributed by atoms with Crippen molar-refractivity contribution in [3.05, 3.63) is 76.3 Å². The summed E-state index contributed by atoms with van der Waals surface area (Å²) in [6.07, 6.45) is 0.838. The lowest BCUT2D eigenvalue weighted by Gasteiger charge is -2.10. The van der Waals surface area contributed by atoms with Crippen LogP contribution in [0.5, 0.6) is 0 Å². The molecule has 0 unspecified atom stereocenters. The number of halogens is 4. The zero-order valence-electron chi connectivity index (χ0n) is 12.8. The van der Waals surface area contributed by atoms with Crippen molar-refractivity contribution in [1.29, 1.82) is 0 Å². The lowest BCUT2D eigenvalue weighted by Crippen LogP contribution is -2.08. The predicted molar refractivity (Wildman–Crippen MR) is 92.4 cm³/mol. The van der Waals surface area contributed by atoms with Crippen molar-refractivity contribution < 1.29 is 13.2 Å². The molecule has 0 aliphatic rings. The van der Waals surface area contributed by atoms with Crippen LogP contribution in [-0.4, -0.2) is 14.4 Å². The molecule has 4 aromatic rings. The molecule has 3 nitrogen and oxygen atoms in total. The van der Waals surface area contributed by atoms with Gasteiger partial charge in [0.25, 0.3) is 0 Å². The maximum Gasteiger partial charge on any atom is 0.420 e. The van der Waals surface area contributed by atoms with E-state index in [-0.39, 0.29) is 5.65 Å². The molecule has 0 fully saturated rings. The van der Waals surface area contributed by atoms with Gasteiger partial charge in [-0.15, -0.1) is 0 Å². The van der Waals surface area contributed by atoms with Gasteiger partial charge in [-0.2, -0.15) is 13.2 Å². The van der Waals surface area contributed by atoms with E-state index in [0.717, 1.165) is 22.5 Å². The number of hydrogen-bond acceptors (Lipinski definition) is 2. The quantitative estimate of drug-likeness (QED) is 0.455. The first-order valence-electron chi connectivity index (χ1n) is 7.48. The van der Waals surface area contributed by atoms with Crippen LogP contribution in [0.2, 0.25) is 0 Å². The summed E-state index contributed by atoms with van der Waals surface area (Å²) in [7, 11) is 0. The molecule has 0 bridgehead atoms. The van der Waals surface area contributed by atoms with Gasteiger partial charge >= 0.3 is 6.18 Å². The maximum absolute atomic E-state index is 13.2. The van der Waals surface area contributed by atoms with Gasteiger partial charge in [-0.3, -0.25) is 4.98 Å². The van der Waals surface area contributed by atoms with Gasteiger partial charge in [-0.25, -0.2) is 4.98 Å². The predicted octanol–water partition coefficient (Wildman–Crippen LogP) is 5.25. The molecule has 0 saturated heterocycles. The minimum atomic E-state index is -4.46. The highest BCUT2D eigenvalue weighted by Crippen LogP contribution is 2.34. The van der Waals surface area contributed by atoms with Crippen LogP contribution < -0.4 is 0 Å². The second kappa shape index (κ2) is 5.84. The van der Waals surface area contributed by atoms with E-state index < -0.39 is 11.7 Å². The Labute approximate surface area is 149 Å². The first-order chi connectivity index (χ1) is 11.9. The molecule has 0 radical (unpaired) electrons. The third-order valence-electron chi connectivity index (χ3n) is 4.01. The van der Waals surface area contributed by atoms with Crippen molar-refractivity contribution in [2.45, 2.75) is 12.6 Å². The Morgan fingerprint density at radius 3 is 2.72 bits per heavy atom. The Morgan fingerprint density at radius 2 is 1.92 bits per heavy atom. The van der Waals surface area contributed by atoms with Crippen molar-refractivity contribution in [3.8, 4) is 0 Å². The van der Waals surface area contributed by atoms with Gasteiger partial charge in [0.15, 0.2) is 0 Å². The molecule has 4 rings (SSSR count). The number of nitrogens with zero attached hydrogens (tertiary/aromatic N) is 3. The molecule has 0 spiro atoms. The third-order valence-corrected chi connectivity index (χ3v) is 4.44. The first-order valence-corrected chi connectivity index (χ1v) is 8.27. The van der Waals surface area contributed by atoms with Gasteiger partial charge in [0.2, 0.25) is 0 Å². The van der Waals surface area contributed by atoms with Crippen LogP contribution in [0.25, 0.3) is 16.6 Å². The van der Waals surface area contributed by atoms with Gasteiger partial charge in [0.05, 0.1) is 11.1 Å². The fourth-order valence-electron chi connectivity index (χ4n) is 2.89. The van der Waals surface area contributed by atoms with Gasteiger partial charge < -0.3 is 4.40 Å². The van der Waals surface area contributed by atoms with Crippen molar-refractivity contribution in [2.75, 3.05) is 0 Å². The number of hydrogen-bond donors (Lipinski definition) is 0. The first kappa shape index (κ1) is 16.1. The molecule has 7 heteroatoms. The summed E-state index contributed by atoms with van der Waals surface area (Å²) in [6, 6.07) is 10.7. The average Bonchev–Trinajstić information content (AvgIpc) is 2.96. The summed E-state index contributed by atoms with van der Waals surface area (Å²) in [6.45, 7) is 0. The monoisotopic (exact) mass is 405 g/mol. The van der Waals surface area contributed by atoms with E-state index in [4.69, 9.17) is 0 Å². The third kappa shape index (κ3) is 3.00. The highest BCUT2D eigenvalue weighted by molar-refractivity contribution is 9.10.